The Balaban J connectivity index is 1.74. The maximum absolute atomic E-state index is 11.6. The monoisotopic (exact) mass is 356 g/mol. The number of hydrogen-bond donors (Lipinski definition) is 2. The minimum absolute atomic E-state index is 0.334. The Bertz CT molecular complexity index is 744. The minimum atomic E-state index is -0.712. The summed E-state index contributed by atoms with van der Waals surface area (Å²) in [5, 5.41) is 4.42. The van der Waals surface area contributed by atoms with Gasteiger partial charge in [0.2, 0.25) is 0 Å². The summed E-state index contributed by atoms with van der Waals surface area (Å²) in [4.78, 5) is 34.1. The Morgan fingerprint density at radius 3 is 2.19 bits per heavy atom. The molecule has 2 rings (SSSR count). The third-order valence-electron chi connectivity index (χ3n) is 3.27. The normalized spacial score (nSPS) is 9.88. The quantitative estimate of drug-likeness (QED) is 0.741. The molecule has 3 amide bonds. The van der Waals surface area contributed by atoms with Gasteiger partial charge in [0.05, 0.1) is 0 Å². The maximum atomic E-state index is 11.6. The van der Waals surface area contributed by atoms with E-state index >= 15 is 0 Å². The second kappa shape index (κ2) is 9.83. The van der Waals surface area contributed by atoms with Crippen LogP contribution in [0.5, 0.6) is 5.75 Å². The van der Waals surface area contributed by atoms with Gasteiger partial charge >= 0.3 is 12.0 Å². The van der Waals surface area contributed by atoms with Gasteiger partial charge in [0, 0.05) is 6.54 Å². The average Bonchev–Trinajstić information content (AvgIpc) is 2.66. The molecule has 0 unspecified atom stereocenters. The predicted octanol–water partition coefficient (Wildman–Crippen LogP) is 2.12. The lowest BCUT2D eigenvalue weighted by Crippen LogP contribution is -2.41. The van der Waals surface area contributed by atoms with Crippen LogP contribution in [0.25, 0.3) is 11.1 Å². The van der Waals surface area contributed by atoms with Crippen molar-refractivity contribution in [3.63, 3.8) is 0 Å². The molecule has 2 aromatic rings. The lowest BCUT2D eigenvalue weighted by Gasteiger charge is -2.08. The van der Waals surface area contributed by atoms with E-state index in [4.69, 9.17) is 9.47 Å². The fourth-order valence-corrected chi connectivity index (χ4v) is 2.07. The van der Waals surface area contributed by atoms with Gasteiger partial charge in [-0.3, -0.25) is 10.1 Å². The van der Waals surface area contributed by atoms with Gasteiger partial charge in [0.1, 0.15) is 5.75 Å². The van der Waals surface area contributed by atoms with Gasteiger partial charge in [-0.2, -0.15) is 0 Å². The number of ether oxygens (including phenoxy) is 2. The summed E-state index contributed by atoms with van der Waals surface area (Å²) in [5.41, 5.74) is 2.11. The van der Waals surface area contributed by atoms with Gasteiger partial charge in [-0.1, -0.05) is 42.5 Å². The van der Waals surface area contributed by atoms with E-state index in [1.54, 1.807) is 19.1 Å². The maximum Gasteiger partial charge on any atom is 0.344 e. The highest BCUT2D eigenvalue weighted by atomic mass is 16.6. The average molecular weight is 356 g/mol. The molecule has 0 atom stereocenters. The zero-order valence-corrected chi connectivity index (χ0v) is 14.4. The molecule has 0 saturated heterocycles. The van der Waals surface area contributed by atoms with E-state index in [0.717, 1.165) is 11.1 Å². The second-order valence-corrected chi connectivity index (χ2v) is 5.25. The van der Waals surface area contributed by atoms with E-state index in [9.17, 15) is 14.4 Å². The summed E-state index contributed by atoms with van der Waals surface area (Å²) < 4.78 is 10.1. The van der Waals surface area contributed by atoms with Crippen LogP contribution < -0.4 is 15.4 Å². The van der Waals surface area contributed by atoms with Crippen LogP contribution in [0.1, 0.15) is 6.92 Å². The third-order valence-corrected chi connectivity index (χ3v) is 3.27. The van der Waals surface area contributed by atoms with E-state index in [1.165, 1.54) is 0 Å². The van der Waals surface area contributed by atoms with Crippen molar-refractivity contribution in [2.24, 2.45) is 0 Å². The highest BCUT2D eigenvalue weighted by molar-refractivity contribution is 5.95. The molecule has 0 bridgehead atoms. The van der Waals surface area contributed by atoms with Crippen LogP contribution in [0.4, 0.5) is 4.79 Å². The molecule has 0 radical (unpaired) electrons. The molecular formula is C19H20N2O5. The summed E-state index contributed by atoms with van der Waals surface area (Å²) in [6.45, 7) is 1.22. The van der Waals surface area contributed by atoms with Crippen LogP contribution in [0.3, 0.4) is 0 Å². The predicted molar refractivity (Wildman–Crippen MR) is 95.5 cm³/mol. The molecule has 0 aliphatic carbocycles. The first kappa shape index (κ1) is 19.0. The summed E-state index contributed by atoms with van der Waals surface area (Å²) in [6, 6.07) is 16.5. The van der Waals surface area contributed by atoms with E-state index in [2.05, 4.69) is 5.32 Å². The molecule has 0 saturated carbocycles. The summed E-state index contributed by atoms with van der Waals surface area (Å²) >= 11 is 0. The lowest BCUT2D eigenvalue weighted by atomic mass is 10.1. The Morgan fingerprint density at radius 2 is 1.54 bits per heavy atom. The second-order valence-electron chi connectivity index (χ2n) is 5.25. The smallest absolute Gasteiger partial charge is 0.344 e. The van der Waals surface area contributed by atoms with Crippen molar-refractivity contribution < 1.29 is 23.9 Å². The van der Waals surface area contributed by atoms with Crippen LogP contribution >= 0.6 is 0 Å². The van der Waals surface area contributed by atoms with E-state index in [0.29, 0.717) is 12.3 Å². The molecule has 0 fully saturated rings. The van der Waals surface area contributed by atoms with Crippen LogP contribution in [0.15, 0.2) is 54.6 Å². The number of carbonyl (C=O) groups is 3. The Morgan fingerprint density at radius 1 is 0.885 bits per heavy atom. The number of nitrogens with one attached hydrogen (secondary N) is 2. The molecule has 0 aliphatic heterocycles. The first-order valence-electron chi connectivity index (χ1n) is 8.10. The highest BCUT2D eigenvalue weighted by Crippen LogP contribution is 2.21. The Labute approximate surface area is 151 Å². The van der Waals surface area contributed by atoms with Crippen molar-refractivity contribution in [2.45, 2.75) is 6.92 Å². The zero-order chi connectivity index (χ0) is 18.8. The van der Waals surface area contributed by atoms with Crippen LogP contribution in [0, 0.1) is 0 Å². The largest absolute Gasteiger partial charge is 0.482 e. The van der Waals surface area contributed by atoms with E-state index in [1.807, 2.05) is 47.8 Å². The van der Waals surface area contributed by atoms with Crippen molar-refractivity contribution in [1.82, 2.24) is 10.6 Å². The summed E-state index contributed by atoms with van der Waals surface area (Å²) in [5.74, 6) is -0.909. The molecular weight excluding hydrogens is 336 g/mol. The number of carbonyl (C=O) groups excluding carboxylic acids is 3. The molecule has 0 heterocycles. The Hall–Kier alpha value is -3.35. The first-order chi connectivity index (χ1) is 12.6. The topological polar surface area (TPSA) is 93.7 Å². The van der Waals surface area contributed by atoms with E-state index < -0.39 is 24.5 Å². The van der Waals surface area contributed by atoms with Crippen molar-refractivity contribution in [3.8, 4) is 16.9 Å². The molecule has 0 spiro atoms. The van der Waals surface area contributed by atoms with Crippen LogP contribution in [0.2, 0.25) is 0 Å². The summed E-state index contributed by atoms with van der Waals surface area (Å²) in [7, 11) is 0. The van der Waals surface area contributed by atoms with Gasteiger partial charge in [0.15, 0.2) is 13.2 Å². The standard InChI is InChI=1S/C19H20N2O5/c1-2-20-19(24)21-17(22)12-26-18(23)13-25-16-10-8-15(9-11-16)14-6-4-3-5-7-14/h3-11H,2,12-13H2,1H3,(H2,20,21,22,24). The number of amides is 3. The number of benzene rings is 2. The van der Waals surface area contributed by atoms with Crippen molar-refractivity contribution in [1.29, 1.82) is 0 Å². The molecule has 2 aromatic carbocycles. The van der Waals surface area contributed by atoms with Crippen LogP contribution in [-0.4, -0.2) is 37.7 Å². The molecule has 0 aliphatic rings. The van der Waals surface area contributed by atoms with Gasteiger partial charge in [-0.05, 0) is 30.2 Å². The van der Waals surface area contributed by atoms with Crippen molar-refractivity contribution >= 4 is 17.9 Å². The van der Waals surface area contributed by atoms with Gasteiger partial charge < -0.3 is 14.8 Å². The third kappa shape index (κ3) is 6.27. The molecule has 26 heavy (non-hydrogen) atoms. The van der Waals surface area contributed by atoms with E-state index in [-0.39, 0.29) is 6.61 Å². The number of esters is 1. The number of hydrogen-bond acceptors (Lipinski definition) is 5. The Kier molecular flexibility index (Phi) is 7.17. The highest BCUT2D eigenvalue weighted by Gasteiger charge is 2.11. The minimum Gasteiger partial charge on any atom is -0.482 e. The fourth-order valence-electron chi connectivity index (χ4n) is 2.07. The zero-order valence-electron chi connectivity index (χ0n) is 14.4. The molecule has 7 nitrogen and oxygen atoms in total. The number of rotatable bonds is 7. The summed E-state index contributed by atoms with van der Waals surface area (Å²) in [6.07, 6.45) is 0. The molecule has 0 aromatic heterocycles. The molecule has 136 valence electrons. The van der Waals surface area contributed by atoms with Gasteiger partial charge in [-0.25, -0.2) is 9.59 Å². The first-order valence-corrected chi connectivity index (χ1v) is 8.10. The lowest BCUT2D eigenvalue weighted by molar-refractivity contribution is -0.150. The van der Waals surface area contributed by atoms with Crippen molar-refractivity contribution in [2.75, 3.05) is 19.8 Å². The SMILES string of the molecule is CCNC(=O)NC(=O)COC(=O)COc1ccc(-c2ccccc2)cc1. The number of urea groups is 1. The number of imide groups is 1. The van der Waals surface area contributed by atoms with Gasteiger partial charge in [0.25, 0.3) is 5.91 Å². The fraction of sp³-hybridized carbons (Fsp3) is 0.211. The van der Waals surface area contributed by atoms with Crippen LogP contribution in [-0.2, 0) is 14.3 Å². The van der Waals surface area contributed by atoms with Gasteiger partial charge in [-0.15, -0.1) is 0 Å². The molecule has 2 N–H and O–H groups in total. The molecule has 7 heteroatoms. The van der Waals surface area contributed by atoms with Crippen molar-refractivity contribution in [3.05, 3.63) is 54.6 Å².